The van der Waals surface area contributed by atoms with E-state index in [2.05, 4.69) is 10.4 Å². The molecule has 6 heteroatoms. The van der Waals surface area contributed by atoms with Crippen LogP contribution in [-0.2, 0) is 6.54 Å². The van der Waals surface area contributed by atoms with Gasteiger partial charge in [0.25, 0.3) is 5.91 Å². The lowest BCUT2D eigenvalue weighted by molar-refractivity contribution is 0.0710. The summed E-state index contributed by atoms with van der Waals surface area (Å²) in [6, 6.07) is -0.179. The van der Waals surface area contributed by atoms with Gasteiger partial charge in [-0.2, -0.15) is 5.10 Å². The summed E-state index contributed by atoms with van der Waals surface area (Å²) in [6.45, 7) is 4.29. The lowest BCUT2D eigenvalue weighted by atomic mass is 9.92. The Labute approximate surface area is 113 Å². The number of hydrogen-bond acceptors (Lipinski definition) is 4. The number of nitrogens with one attached hydrogen (secondary N) is 1. The van der Waals surface area contributed by atoms with Crippen LogP contribution in [0.5, 0.6) is 0 Å². The van der Waals surface area contributed by atoms with Gasteiger partial charge in [0.15, 0.2) is 0 Å². The van der Waals surface area contributed by atoms with Gasteiger partial charge in [-0.1, -0.05) is 12.8 Å². The largest absolute Gasteiger partial charge is 0.395 e. The highest BCUT2D eigenvalue weighted by molar-refractivity contribution is 5.98. The monoisotopic (exact) mass is 266 g/mol. The minimum absolute atomic E-state index is 0.179. The molecule has 106 valence electrons. The average molecular weight is 266 g/mol. The van der Waals surface area contributed by atoms with Crippen molar-refractivity contribution < 1.29 is 9.90 Å². The van der Waals surface area contributed by atoms with Crippen LogP contribution in [0, 0.1) is 6.92 Å². The number of aliphatic hydroxyl groups is 1. The van der Waals surface area contributed by atoms with E-state index in [0.717, 1.165) is 25.7 Å². The van der Waals surface area contributed by atoms with E-state index in [1.165, 1.54) is 0 Å². The Morgan fingerprint density at radius 3 is 2.84 bits per heavy atom. The number of rotatable bonds is 3. The van der Waals surface area contributed by atoms with E-state index in [4.69, 9.17) is 5.73 Å². The Bertz CT molecular complexity index is 469. The van der Waals surface area contributed by atoms with E-state index >= 15 is 0 Å². The highest BCUT2D eigenvalue weighted by Crippen LogP contribution is 2.21. The summed E-state index contributed by atoms with van der Waals surface area (Å²) in [4.78, 5) is 12.3. The molecule has 0 bridgehead atoms. The second-order valence-electron chi connectivity index (χ2n) is 5.10. The van der Waals surface area contributed by atoms with Crippen LogP contribution in [0.4, 0.5) is 5.69 Å². The fraction of sp³-hybridized carbons (Fsp3) is 0.692. The lowest BCUT2D eigenvalue weighted by Crippen LogP contribution is -2.45. The van der Waals surface area contributed by atoms with Gasteiger partial charge in [-0.3, -0.25) is 9.48 Å². The van der Waals surface area contributed by atoms with Crippen molar-refractivity contribution >= 4 is 11.6 Å². The minimum Gasteiger partial charge on any atom is -0.395 e. The normalized spacial score (nSPS) is 23.3. The van der Waals surface area contributed by atoms with Crippen molar-refractivity contribution in [3.63, 3.8) is 0 Å². The van der Waals surface area contributed by atoms with Crippen LogP contribution in [0.3, 0.4) is 0 Å². The first-order valence-electron chi connectivity index (χ1n) is 6.86. The number of aromatic nitrogens is 2. The van der Waals surface area contributed by atoms with E-state index in [-0.39, 0.29) is 11.9 Å². The predicted molar refractivity (Wildman–Crippen MR) is 72.8 cm³/mol. The highest BCUT2D eigenvalue weighted by atomic mass is 16.3. The van der Waals surface area contributed by atoms with Gasteiger partial charge < -0.3 is 16.2 Å². The average Bonchev–Trinajstić information content (AvgIpc) is 2.68. The van der Waals surface area contributed by atoms with Crippen LogP contribution >= 0.6 is 0 Å². The predicted octanol–water partition coefficient (Wildman–Crippen LogP) is 0.827. The van der Waals surface area contributed by atoms with Gasteiger partial charge >= 0.3 is 0 Å². The zero-order chi connectivity index (χ0) is 14.0. The van der Waals surface area contributed by atoms with Crippen LogP contribution in [0.15, 0.2) is 0 Å². The number of nitrogens with zero attached hydrogens (tertiary/aromatic N) is 2. The van der Waals surface area contributed by atoms with Crippen molar-refractivity contribution in [1.29, 1.82) is 0 Å². The molecular formula is C13H22N4O2. The van der Waals surface area contributed by atoms with Crippen molar-refractivity contribution in [3.05, 3.63) is 11.4 Å². The molecular weight excluding hydrogens is 244 g/mol. The van der Waals surface area contributed by atoms with E-state index in [1.54, 1.807) is 11.6 Å². The molecule has 1 amide bonds. The van der Waals surface area contributed by atoms with Gasteiger partial charge in [0.1, 0.15) is 5.69 Å². The van der Waals surface area contributed by atoms with Gasteiger partial charge in [-0.05, 0) is 26.7 Å². The molecule has 1 aliphatic carbocycles. The quantitative estimate of drug-likeness (QED) is 0.755. The summed E-state index contributed by atoms with van der Waals surface area (Å²) in [5.74, 6) is -0.245. The summed E-state index contributed by atoms with van der Waals surface area (Å²) < 4.78 is 1.61. The first-order chi connectivity index (χ1) is 9.04. The molecule has 1 heterocycles. The molecule has 1 aliphatic rings. The Balaban J connectivity index is 2.15. The number of carbonyl (C=O) groups excluding carboxylic acids is 1. The van der Waals surface area contributed by atoms with Crippen molar-refractivity contribution in [2.75, 3.05) is 5.73 Å². The number of carbonyl (C=O) groups is 1. The molecule has 6 nitrogen and oxygen atoms in total. The molecule has 0 aromatic carbocycles. The van der Waals surface area contributed by atoms with Crippen LogP contribution < -0.4 is 11.1 Å². The second-order valence-corrected chi connectivity index (χ2v) is 5.10. The Morgan fingerprint density at radius 2 is 2.21 bits per heavy atom. The molecule has 2 atom stereocenters. The summed E-state index contributed by atoms with van der Waals surface area (Å²) in [7, 11) is 0. The van der Waals surface area contributed by atoms with Crippen LogP contribution in [-0.4, -0.2) is 32.9 Å². The SMILES string of the molecule is CCn1nc(C)c(N)c1C(=O)N[C@@H]1CCCC[C@H]1O. The number of nitrogen functional groups attached to an aromatic ring is 1. The molecule has 1 aromatic rings. The zero-order valence-corrected chi connectivity index (χ0v) is 11.5. The highest BCUT2D eigenvalue weighted by Gasteiger charge is 2.27. The Morgan fingerprint density at radius 1 is 1.53 bits per heavy atom. The molecule has 0 aliphatic heterocycles. The molecule has 0 spiro atoms. The fourth-order valence-corrected chi connectivity index (χ4v) is 2.58. The second kappa shape index (κ2) is 5.61. The first-order valence-corrected chi connectivity index (χ1v) is 6.86. The van der Waals surface area contributed by atoms with E-state index in [1.807, 2.05) is 6.92 Å². The first kappa shape index (κ1) is 13.9. The third-order valence-electron chi connectivity index (χ3n) is 3.73. The third kappa shape index (κ3) is 2.73. The zero-order valence-electron chi connectivity index (χ0n) is 11.5. The van der Waals surface area contributed by atoms with E-state index in [0.29, 0.717) is 23.6 Å². The minimum atomic E-state index is -0.460. The maximum Gasteiger partial charge on any atom is 0.272 e. The number of hydrogen-bond donors (Lipinski definition) is 3. The maximum atomic E-state index is 12.3. The van der Waals surface area contributed by atoms with Gasteiger partial charge in [0.2, 0.25) is 0 Å². The van der Waals surface area contributed by atoms with Crippen molar-refractivity contribution in [3.8, 4) is 0 Å². The molecule has 2 rings (SSSR count). The van der Waals surface area contributed by atoms with Gasteiger partial charge in [-0.25, -0.2) is 0 Å². The molecule has 1 saturated carbocycles. The van der Waals surface area contributed by atoms with E-state index in [9.17, 15) is 9.90 Å². The molecule has 4 N–H and O–H groups in total. The van der Waals surface area contributed by atoms with Crippen molar-refractivity contribution in [1.82, 2.24) is 15.1 Å². The maximum absolute atomic E-state index is 12.3. The molecule has 1 aromatic heterocycles. The standard InChI is InChI=1S/C13H22N4O2/c1-3-17-12(11(14)8(2)16-17)13(19)15-9-6-4-5-7-10(9)18/h9-10,18H,3-7,14H2,1-2H3,(H,15,19)/t9-,10-/m1/s1. The Hall–Kier alpha value is -1.56. The summed E-state index contributed by atoms with van der Waals surface area (Å²) in [6.07, 6.45) is 3.14. The van der Waals surface area contributed by atoms with Crippen LogP contribution in [0.1, 0.15) is 48.8 Å². The molecule has 19 heavy (non-hydrogen) atoms. The third-order valence-corrected chi connectivity index (χ3v) is 3.73. The van der Waals surface area contributed by atoms with Crippen LogP contribution in [0.25, 0.3) is 0 Å². The molecule has 1 fully saturated rings. The molecule has 0 saturated heterocycles. The van der Waals surface area contributed by atoms with Gasteiger partial charge in [-0.15, -0.1) is 0 Å². The number of amides is 1. The van der Waals surface area contributed by atoms with Gasteiger partial charge in [0.05, 0.1) is 23.5 Å². The van der Waals surface area contributed by atoms with Crippen molar-refractivity contribution in [2.24, 2.45) is 0 Å². The topological polar surface area (TPSA) is 93.2 Å². The number of anilines is 1. The number of nitrogens with two attached hydrogens (primary N) is 1. The Kier molecular flexibility index (Phi) is 4.09. The smallest absolute Gasteiger partial charge is 0.272 e. The summed E-state index contributed by atoms with van der Waals surface area (Å²) in [5.41, 5.74) is 7.40. The molecule has 0 radical (unpaired) electrons. The van der Waals surface area contributed by atoms with Gasteiger partial charge in [0, 0.05) is 6.54 Å². The summed E-state index contributed by atoms with van der Waals surface area (Å²) in [5, 5.41) is 17.0. The fourth-order valence-electron chi connectivity index (χ4n) is 2.58. The number of aryl methyl sites for hydroxylation is 2. The van der Waals surface area contributed by atoms with Crippen molar-refractivity contribution in [2.45, 2.75) is 58.2 Å². The number of aliphatic hydroxyl groups excluding tert-OH is 1. The molecule has 0 unspecified atom stereocenters. The summed E-state index contributed by atoms with van der Waals surface area (Å²) >= 11 is 0. The van der Waals surface area contributed by atoms with Crippen LogP contribution in [0.2, 0.25) is 0 Å². The van der Waals surface area contributed by atoms with E-state index < -0.39 is 6.10 Å². The lowest BCUT2D eigenvalue weighted by Gasteiger charge is -2.28.